The van der Waals surface area contributed by atoms with Gasteiger partial charge in [0.15, 0.2) is 0 Å². The summed E-state index contributed by atoms with van der Waals surface area (Å²) < 4.78 is 4.83. The fourth-order valence-electron chi connectivity index (χ4n) is 1.74. The largest absolute Gasteiger partial charge is 0.463 e. The number of hydrogen-bond acceptors (Lipinski definition) is 4. The van der Waals surface area contributed by atoms with Gasteiger partial charge in [-0.15, -0.1) is 0 Å². The van der Waals surface area contributed by atoms with Crippen LogP contribution in [0.25, 0.3) is 0 Å². The average Bonchev–Trinajstić information content (AvgIpc) is 2.23. The number of rotatable bonds is 8. The molecule has 1 atom stereocenters. The Kier molecular flexibility index (Phi) is 8.72. The lowest BCUT2D eigenvalue weighted by molar-refractivity contribution is -0.137. The van der Waals surface area contributed by atoms with Crippen LogP contribution in [0.1, 0.15) is 20.8 Å². The van der Waals surface area contributed by atoms with Crippen LogP contribution in [0.4, 0.5) is 0 Å². The molecule has 0 spiro atoms. The summed E-state index contributed by atoms with van der Waals surface area (Å²) in [5.41, 5.74) is 0. The lowest BCUT2D eigenvalue weighted by Gasteiger charge is -2.28. The third kappa shape index (κ3) is 7.94. The van der Waals surface area contributed by atoms with Crippen LogP contribution in [-0.4, -0.2) is 62.1 Å². The Labute approximate surface area is 105 Å². The van der Waals surface area contributed by atoms with E-state index in [0.29, 0.717) is 12.6 Å². The minimum absolute atomic E-state index is 0.260. The Morgan fingerprint density at radius 2 is 2.00 bits per heavy atom. The first kappa shape index (κ1) is 16.1. The second-order valence-corrected chi connectivity index (χ2v) is 4.35. The first-order valence-corrected chi connectivity index (χ1v) is 6.23. The van der Waals surface area contributed by atoms with E-state index in [1.165, 1.54) is 6.08 Å². The van der Waals surface area contributed by atoms with Crippen molar-refractivity contribution in [3.05, 3.63) is 12.2 Å². The molecular formula is C13H26N2O2. The van der Waals surface area contributed by atoms with Crippen LogP contribution in [-0.2, 0) is 9.53 Å². The molecule has 0 aromatic heterocycles. The molecule has 100 valence electrons. The van der Waals surface area contributed by atoms with E-state index < -0.39 is 0 Å². The van der Waals surface area contributed by atoms with Gasteiger partial charge in [0, 0.05) is 25.2 Å². The molecule has 0 aromatic carbocycles. The summed E-state index contributed by atoms with van der Waals surface area (Å²) in [6.45, 7) is 9.33. The minimum Gasteiger partial charge on any atom is -0.463 e. The summed E-state index contributed by atoms with van der Waals surface area (Å²) >= 11 is 0. The second kappa shape index (κ2) is 9.19. The van der Waals surface area contributed by atoms with E-state index in [1.54, 1.807) is 0 Å². The summed E-state index contributed by atoms with van der Waals surface area (Å²) in [6, 6.07) is 0.474. The topological polar surface area (TPSA) is 32.8 Å². The van der Waals surface area contributed by atoms with Crippen LogP contribution < -0.4 is 0 Å². The van der Waals surface area contributed by atoms with E-state index in [4.69, 9.17) is 4.74 Å². The van der Waals surface area contributed by atoms with Crippen molar-refractivity contribution in [3.63, 3.8) is 0 Å². The minimum atomic E-state index is -0.260. The normalized spacial score (nSPS) is 13.6. The van der Waals surface area contributed by atoms with Crippen molar-refractivity contribution in [1.29, 1.82) is 0 Å². The smallest absolute Gasteiger partial charge is 0.330 e. The second-order valence-electron chi connectivity index (χ2n) is 4.35. The van der Waals surface area contributed by atoms with Gasteiger partial charge in [-0.25, -0.2) is 4.79 Å². The van der Waals surface area contributed by atoms with Crippen LogP contribution in [0.5, 0.6) is 0 Å². The fourth-order valence-corrected chi connectivity index (χ4v) is 1.74. The van der Waals surface area contributed by atoms with Crippen LogP contribution in [0.15, 0.2) is 12.2 Å². The van der Waals surface area contributed by atoms with Gasteiger partial charge in [-0.2, -0.15) is 0 Å². The van der Waals surface area contributed by atoms with Gasteiger partial charge in [-0.3, -0.25) is 4.90 Å². The van der Waals surface area contributed by atoms with E-state index in [9.17, 15) is 4.79 Å². The monoisotopic (exact) mass is 242 g/mol. The van der Waals surface area contributed by atoms with Crippen LogP contribution in [0.2, 0.25) is 0 Å². The van der Waals surface area contributed by atoms with Gasteiger partial charge >= 0.3 is 5.97 Å². The summed E-state index contributed by atoms with van der Waals surface area (Å²) in [5, 5.41) is 0. The van der Waals surface area contributed by atoms with E-state index >= 15 is 0 Å². The van der Waals surface area contributed by atoms with Gasteiger partial charge in [0.2, 0.25) is 0 Å². The molecular weight excluding hydrogens is 216 g/mol. The highest BCUT2D eigenvalue weighted by Crippen LogP contribution is 2.00. The molecule has 0 aromatic rings. The van der Waals surface area contributed by atoms with Gasteiger partial charge in [-0.05, 0) is 34.5 Å². The van der Waals surface area contributed by atoms with Gasteiger partial charge in [0.1, 0.15) is 0 Å². The lowest BCUT2D eigenvalue weighted by Crippen LogP contribution is -2.40. The number of likely N-dealkylation sites (N-methyl/N-ethyl adjacent to an activating group) is 2. The highest BCUT2D eigenvalue weighted by Gasteiger charge is 2.11. The van der Waals surface area contributed by atoms with Crippen molar-refractivity contribution >= 4 is 5.97 Å². The summed E-state index contributed by atoms with van der Waals surface area (Å²) in [5.74, 6) is -0.260. The molecule has 0 fully saturated rings. The lowest BCUT2D eigenvalue weighted by atomic mass is 10.2. The highest BCUT2D eigenvalue weighted by molar-refractivity contribution is 5.81. The number of ether oxygens (including phenoxy) is 1. The number of hydrogen-bond donors (Lipinski definition) is 0. The molecule has 4 heteroatoms. The molecule has 17 heavy (non-hydrogen) atoms. The predicted molar refractivity (Wildman–Crippen MR) is 71.0 cm³/mol. The molecule has 0 aliphatic heterocycles. The molecule has 0 rings (SSSR count). The SMILES string of the molecule is CCOC(=O)/C=C/CN(CC)C(C)CN(C)C. The molecule has 0 saturated heterocycles. The number of nitrogens with zero attached hydrogens (tertiary/aromatic N) is 2. The van der Waals surface area contributed by atoms with Gasteiger partial charge in [-0.1, -0.05) is 13.0 Å². The average molecular weight is 242 g/mol. The Morgan fingerprint density at radius 1 is 1.35 bits per heavy atom. The van der Waals surface area contributed by atoms with Crippen LogP contribution in [0, 0.1) is 0 Å². The summed E-state index contributed by atoms with van der Waals surface area (Å²) in [7, 11) is 4.14. The molecule has 0 radical (unpaired) electrons. The molecule has 0 N–H and O–H groups in total. The number of carbonyl (C=O) groups is 1. The molecule has 1 unspecified atom stereocenters. The maximum absolute atomic E-state index is 11.1. The van der Waals surface area contributed by atoms with E-state index in [2.05, 4.69) is 37.7 Å². The molecule has 4 nitrogen and oxygen atoms in total. The van der Waals surface area contributed by atoms with Crippen LogP contribution in [0.3, 0.4) is 0 Å². The van der Waals surface area contributed by atoms with Gasteiger partial charge in [0.25, 0.3) is 0 Å². The Morgan fingerprint density at radius 3 is 2.47 bits per heavy atom. The van der Waals surface area contributed by atoms with Crippen molar-refractivity contribution in [2.75, 3.05) is 40.3 Å². The maximum atomic E-state index is 11.1. The number of carbonyl (C=O) groups excluding carboxylic acids is 1. The van der Waals surface area contributed by atoms with Crippen molar-refractivity contribution in [1.82, 2.24) is 9.80 Å². The van der Waals surface area contributed by atoms with Crippen molar-refractivity contribution in [2.45, 2.75) is 26.8 Å². The molecule has 0 aliphatic carbocycles. The van der Waals surface area contributed by atoms with Crippen molar-refractivity contribution in [3.8, 4) is 0 Å². The van der Waals surface area contributed by atoms with E-state index in [1.807, 2.05) is 13.0 Å². The predicted octanol–water partition coefficient (Wildman–Crippen LogP) is 1.38. The third-order valence-corrected chi connectivity index (χ3v) is 2.54. The molecule has 0 amide bonds. The Bertz CT molecular complexity index is 240. The summed E-state index contributed by atoms with van der Waals surface area (Å²) in [6.07, 6.45) is 3.38. The quantitative estimate of drug-likeness (QED) is 0.475. The Balaban J connectivity index is 4.08. The molecule has 0 aliphatic rings. The first-order valence-electron chi connectivity index (χ1n) is 6.23. The standard InChI is InChI=1S/C13H26N2O2/c1-6-15(12(3)11-14(4)5)10-8-9-13(16)17-7-2/h8-9,12H,6-7,10-11H2,1-5H3/b9-8+. The molecule has 0 saturated carbocycles. The first-order chi connectivity index (χ1) is 8.01. The molecule has 0 bridgehead atoms. The molecule has 0 heterocycles. The van der Waals surface area contributed by atoms with Crippen molar-refractivity contribution < 1.29 is 9.53 Å². The summed E-state index contributed by atoms with van der Waals surface area (Å²) in [4.78, 5) is 15.6. The zero-order valence-corrected chi connectivity index (χ0v) is 11.8. The third-order valence-electron chi connectivity index (χ3n) is 2.54. The highest BCUT2D eigenvalue weighted by atomic mass is 16.5. The zero-order valence-electron chi connectivity index (χ0n) is 11.8. The van der Waals surface area contributed by atoms with Crippen molar-refractivity contribution in [2.24, 2.45) is 0 Å². The van der Waals surface area contributed by atoms with Crippen LogP contribution >= 0.6 is 0 Å². The van der Waals surface area contributed by atoms with E-state index in [0.717, 1.165) is 19.6 Å². The number of esters is 1. The maximum Gasteiger partial charge on any atom is 0.330 e. The fraction of sp³-hybridized carbons (Fsp3) is 0.769. The Hall–Kier alpha value is -0.870. The van der Waals surface area contributed by atoms with E-state index in [-0.39, 0.29) is 5.97 Å². The van der Waals surface area contributed by atoms with Gasteiger partial charge < -0.3 is 9.64 Å². The van der Waals surface area contributed by atoms with Gasteiger partial charge in [0.05, 0.1) is 6.61 Å². The zero-order chi connectivity index (χ0) is 13.3.